The third-order valence-corrected chi connectivity index (χ3v) is 6.83. The first kappa shape index (κ1) is 22.0. The fourth-order valence-corrected chi connectivity index (χ4v) is 5.01. The van der Waals surface area contributed by atoms with Gasteiger partial charge in [-0.05, 0) is 66.8 Å². The molecule has 1 aromatic carbocycles. The number of aromatic nitrogens is 3. The van der Waals surface area contributed by atoms with E-state index in [1.165, 1.54) is 12.8 Å². The molecule has 33 heavy (non-hydrogen) atoms. The van der Waals surface area contributed by atoms with E-state index in [2.05, 4.69) is 20.8 Å². The summed E-state index contributed by atoms with van der Waals surface area (Å²) in [5.74, 6) is 1.02. The Kier molecular flexibility index (Phi) is 4.88. The largest absolute Gasteiger partial charge is 0.405 e. The van der Waals surface area contributed by atoms with Crippen molar-refractivity contribution in [2.75, 3.05) is 17.2 Å². The van der Waals surface area contributed by atoms with Crippen LogP contribution in [0.1, 0.15) is 57.6 Å². The first-order valence-corrected chi connectivity index (χ1v) is 11.3. The molecule has 2 aromatic heterocycles. The zero-order valence-electron chi connectivity index (χ0n) is 19.2. The fourth-order valence-electron chi connectivity index (χ4n) is 5.01. The van der Waals surface area contributed by atoms with E-state index in [1.807, 2.05) is 33.8 Å². The molecule has 2 atom stereocenters. The second kappa shape index (κ2) is 7.33. The first-order chi connectivity index (χ1) is 15.4. The van der Waals surface area contributed by atoms with Crippen LogP contribution in [0.3, 0.4) is 0 Å². The SMILES string of the molecule is Cc1cc(-c2nnc(N[C@@]34CCC[C@@H]3C4)o2)nc2c(C(C)(C)C)cc(NCC(F)(F)F)cc12. The number of nitrogens with one attached hydrogen (secondary N) is 2. The highest BCUT2D eigenvalue weighted by atomic mass is 19.4. The molecule has 2 N–H and O–H groups in total. The van der Waals surface area contributed by atoms with E-state index >= 15 is 0 Å². The molecule has 2 saturated carbocycles. The second-order valence-electron chi connectivity index (χ2n) is 10.4. The maximum absolute atomic E-state index is 12.8. The molecule has 2 fully saturated rings. The van der Waals surface area contributed by atoms with E-state index in [0.717, 1.165) is 34.9 Å². The molecule has 0 unspecified atom stereocenters. The maximum Gasteiger partial charge on any atom is 0.405 e. The quantitative estimate of drug-likeness (QED) is 0.472. The van der Waals surface area contributed by atoms with Crippen LogP contribution in [-0.4, -0.2) is 33.4 Å². The molecule has 0 saturated heterocycles. The molecule has 3 aromatic rings. The highest BCUT2D eigenvalue weighted by molar-refractivity contribution is 5.90. The molecule has 2 aliphatic carbocycles. The summed E-state index contributed by atoms with van der Waals surface area (Å²) in [6.07, 6.45) is 0.449. The van der Waals surface area contributed by atoms with E-state index in [4.69, 9.17) is 9.40 Å². The lowest BCUT2D eigenvalue weighted by Gasteiger charge is -2.23. The van der Waals surface area contributed by atoms with E-state index in [9.17, 15) is 13.2 Å². The fraction of sp³-hybridized carbons (Fsp3) is 0.542. The monoisotopic (exact) mass is 459 g/mol. The van der Waals surface area contributed by atoms with Gasteiger partial charge in [-0.1, -0.05) is 32.3 Å². The van der Waals surface area contributed by atoms with Gasteiger partial charge >= 0.3 is 12.2 Å². The van der Waals surface area contributed by atoms with Crippen molar-refractivity contribution in [1.29, 1.82) is 0 Å². The summed E-state index contributed by atoms with van der Waals surface area (Å²) < 4.78 is 44.2. The number of hydrogen-bond acceptors (Lipinski definition) is 6. The van der Waals surface area contributed by atoms with Crippen LogP contribution in [0.4, 0.5) is 24.9 Å². The number of pyridine rings is 1. The first-order valence-electron chi connectivity index (χ1n) is 11.3. The average molecular weight is 460 g/mol. The summed E-state index contributed by atoms with van der Waals surface area (Å²) in [7, 11) is 0. The Morgan fingerprint density at radius 1 is 1.15 bits per heavy atom. The number of hydrogen-bond donors (Lipinski definition) is 2. The van der Waals surface area contributed by atoms with E-state index < -0.39 is 12.7 Å². The number of nitrogens with zero attached hydrogens (tertiary/aromatic N) is 3. The summed E-state index contributed by atoms with van der Waals surface area (Å²) in [5.41, 5.74) is 3.20. The van der Waals surface area contributed by atoms with E-state index in [0.29, 0.717) is 29.2 Å². The van der Waals surface area contributed by atoms with Gasteiger partial charge in [-0.15, -0.1) is 5.10 Å². The molecule has 176 valence electrons. The molecular formula is C24H28F3N5O. The van der Waals surface area contributed by atoms with Crippen LogP contribution < -0.4 is 10.6 Å². The Balaban J connectivity index is 1.51. The van der Waals surface area contributed by atoms with Crippen LogP contribution in [0.5, 0.6) is 0 Å². The van der Waals surface area contributed by atoms with Crippen molar-refractivity contribution >= 4 is 22.6 Å². The third kappa shape index (κ3) is 4.25. The number of alkyl halides is 3. The Labute approximate surface area is 190 Å². The van der Waals surface area contributed by atoms with Crippen LogP contribution >= 0.6 is 0 Å². The number of fused-ring (bicyclic) bond motifs is 2. The lowest BCUT2D eigenvalue weighted by atomic mass is 9.84. The van der Waals surface area contributed by atoms with Crippen molar-refractivity contribution in [3.05, 3.63) is 29.3 Å². The second-order valence-corrected chi connectivity index (χ2v) is 10.4. The standard InChI is InChI=1S/C24H28F3N5O/c1-13-8-18(20-31-32-21(33-20)30-23-7-5-6-14(23)11-23)29-19-16(13)9-15(28-12-24(25,26)27)10-17(19)22(2,3)4/h8-10,14,28H,5-7,11-12H2,1-4H3,(H,30,32)/t14-,23-/m1/s1. The normalized spacial score (nSPS) is 22.5. The van der Waals surface area contributed by atoms with Crippen molar-refractivity contribution < 1.29 is 17.6 Å². The van der Waals surface area contributed by atoms with Crippen LogP contribution in [0, 0.1) is 12.8 Å². The summed E-state index contributed by atoms with van der Waals surface area (Å²) in [6, 6.07) is 5.72. The molecule has 0 spiro atoms. The molecule has 9 heteroatoms. The average Bonchev–Trinajstić information content (AvgIpc) is 3.03. The minimum Gasteiger partial charge on any atom is -0.402 e. The van der Waals surface area contributed by atoms with Crippen LogP contribution in [-0.2, 0) is 5.41 Å². The third-order valence-electron chi connectivity index (χ3n) is 6.83. The number of aryl methyl sites for hydroxylation is 1. The Hall–Kier alpha value is -2.84. The van der Waals surface area contributed by atoms with Crippen molar-refractivity contribution in [1.82, 2.24) is 15.2 Å². The van der Waals surface area contributed by atoms with Crippen molar-refractivity contribution in [3.8, 4) is 11.6 Å². The number of rotatable bonds is 5. The molecule has 6 nitrogen and oxygen atoms in total. The summed E-state index contributed by atoms with van der Waals surface area (Å²) in [4.78, 5) is 4.82. The minimum atomic E-state index is -4.30. The Morgan fingerprint density at radius 2 is 1.94 bits per heavy atom. The molecule has 0 radical (unpaired) electrons. The number of halogens is 3. The van der Waals surface area contributed by atoms with Gasteiger partial charge in [0.2, 0.25) is 0 Å². The van der Waals surface area contributed by atoms with Gasteiger partial charge in [0.15, 0.2) is 0 Å². The van der Waals surface area contributed by atoms with Gasteiger partial charge in [0.05, 0.1) is 5.52 Å². The predicted octanol–water partition coefficient (Wildman–Crippen LogP) is 6.22. The molecule has 2 heterocycles. The summed E-state index contributed by atoms with van der Waals surface area (Å²) >= 11 is 0. The zero-order chi connectivity index (χ0) is 23.6. The highest BCUT2D eigenvalue weighted by Crippen LogP contribution is 2.57. The van der Waals surface area contributed by atoms with E-state index in [1.54, 1.807) is 12.1 Å². The zero-order valence-corrected chi connectivity index (χ0v) is 19.2. The van der Waals surface area contributed by atoms with Crippen LogP contribution in [0.25, 0.3) is 22.5 Å². The molecule has 0 aliphatic heterocycles. The minimum absolute atomic E-state index is 0.121. The Bertz CT molecular complexity index is 1210. The van der Waals surface area contributed by atoms with Crippen LogP contribution in [0.2, 0.25) is 0 Å². The lowest BCUT2D eigenvalue weighted by molar-refractivity contribution is -0.115. The van der Waals surface area contributed by atoms with Crippen molar-refractivity contribution in [3.63, 3.8) is 0 Å². The van der Waals surface area contributed by atoms with Crippen LogP contribution in [0.15, 0.2) is 22.6 Å². The number of benzene rings is 1. The molecule has 0 amide bonds. The van der Waals surface area contributed by atoms with Gasteiger partial charge in [-0.25, -0.2) is 4.98 Å². The van der Waals surface area contributed by atoms with Gasteiger partial charge in [0.1, 0.15) is 12.2 Å². The Morgan fingerprint density at radius 3 is 2.58 bits per heavy atom. The van der Waals surface area contributed by atoms with Gasteiger partial charge in [-0.3, -0.25) is 0 Å². The van der Waals surface area contributed by atoms with Gasteiger partial charge in [0.25, 0.3) is 5.89 Å². The molecule has 0 bridgehead atoms. The molecule has 2 aliphatic rings. The van der Waals surface area contributed by atoms with Gasteiger partial charge < -0.3 is 15.1 Å². The predicted molar refractivity (Wildman–Crippen MR) is 121 cm³/mol. The number of anilines is 2. The molecular weight excluding hydrogens is 431 g/mol. The summed E-state index contributed by atoms with van der Waals surface area (Å²) in [5, 5.41) is 15.1. The highest BCUT2D eigenvalue weighted by Gasteiger charge is 2.57. The molecule has 5 rings (SSSR count). The smallest absolute Gasteiger partial charge is 0.402 e. The van der Waals surface area contributed by atoms with Gasteiger partial charge in [0, 0.05) is 16.6 Å². The van der Waals surface area contributed by atoms with Gasteiger partial charge in [-0.2, -0.15) is 13.2 Å². The summed E-state index contributed by atoms with van der Waals surface area (Å²) in [6.45, 7) is 6.87. The van der Waals surface area contributed by atoms with Crippen molar-refractivity contribution in [2.24, 2.45) is 5.92 Å². The lowest BCUT2D eigenvalue weighted by Crippen LogP contribution is -2.22. The maximum atomic E-state index is 12.8. The van der Waals surface area contributed by atoms with Crippen molar-refractivity contribution in [2.45, 2.75) is 70.5 Å². The van der Waals surface area contributed by atoms with E-state index in [-0.39, 0.29) is 11.0 Å². The topological polar surface area (TPSA) is 75.9 Å².